The lowest BCUT2D eigenvalue weighted by atomic mass is 10.5. The highest BCUT2D eigenvalue weighted by molar-refractivity contribution is 5.94. The van der Waals surface area contributed by atoms with Crippen LogP contribution in [0.25, 0.3) is 0 Å². The van der Waals surface area contributed by atoms with Crippen molar-refractivity contribution >= 4 is 12.1 Å². The van der Waals surface area contributed by atoms with E-state index in [4.69, 9.17) is 0 Å². The summed E-state index contributed by atoms with van der Waals surface area (Å²) >= 11 is 0. The van der Waals surface area contributed by atoms with Gasteiger partial charge in [-0.2, -0.15) is 0 Å². The van der Waals surface area contributed by atoms with Crippen molar-refractivity contribution in [1.82, 2.24) is 15.5 Å². The lowest BCUT2D eigenvalue weighted by Gasteiger charge is -2.12. The first-order valence-corrected chi connectivity index (χ1v) is 4.09. The summed E-state index contributed by atoms with van der Waals surface area (Å²) in [5, 5.41) is 5.18. The van der Waals surface area contributed by atoms with E-state index in [1.54, 1.807) is 0 Å². The molecule has 68 valence electrons. The minimum Gasteiger partial charge on any atom is -0.338 e. The smallest absolute Gasteiger partial charge is 0.325 e. The molecule has 5 nitrogen and oxygen atoms in total. The van der Waals surface area contributed by atoms with Gasteiger partial charge in [0.15, 0.2) is 0 Å². The highest BCUT2D eigenvalue weighted by atomic mass is 16.2. The van der Waals surface area contributed by atoms with Crippen LogP contribution in [0.5, 0.6) is 0 Å². The minimum absolute atomic E-state index is 0.299. The van der Waals surface area contributed by atoms with Crippen molar-refractivity contribution in [2.24, 2.45) is 0 Å². The first kappa shape index (κ1) is 8.83. The summed E-state index contributed by atoms with van der Waals surface area (Å²) in [6, 6.07) is -0.601. The van der Waals surface area contributed by atoms with Crippen LogP contribution >= 0.6 is 0 Å². The molecule has 1 heterocycles. The second-order valence-electron chi connectivity index (χ2n) is 2.62. The Labute approximate surface area is 71.1 Å². The Kier molecular flexibility index (Phi) is 2.90. The van der Waals surface area contributed by atoms with Gasteiger partial charge < -0.3 is 10.6 Å². The summed E-state index contributed by atoms with van der Waals surface area (Å²) in [6.45, 7) is 3.60. The van der Waals surface area contributed by atoms with Crippen molar-refractivity contribution in [3.8, 4) is 0 Å². The lowest BCUT2D eigenvalue weighted by Crippen LogP contribution is -2.42. The zero-order valence-electron chi connectivity index (χ0n) is 7.09. The van der Waals surface area contributed by atoms with Crippen molar-refractivity contribution in [1.29, 1.82) is 0 Å². The van der Waals surface area contributed by atoms with E-state index in [0.29, 0.717) is 19.6 Å². The number of hydrogen-bond acceptors (Lipinski definition) is 2. The third-order valence-corrected chi connectivity index (χ3v) is 1.63. The second kappa shape index (κ2) is 3.94. The fourth-order valence-electron chi connectivity index (χ4n) is 0.993. The van der Waals surface area contributed by atoms with Crippen LogP contribution in [0.2, 0.25) is 0 Å². The Bertz CT molecular complexity index is 193. The first-order valence-electron chi connectivity index (χ1n) is 4.09. The molecule has 5 heteroatoms. The molecule has 12 heavy (non-hydrogen) atoms. The van der Waals surface area contributed by atoms with Crippen LogP contribution in [0.3, 0.4) is 0 Å². The molecule has 1 rings (SSSR count). The molecular formula is C7H13N3O2. The van der Waals surface area contributed by atoms with Crippen molar-refractivity contribution in [3.05, 3.63) is 0 Å². The Balaban J connectivity index is 2.36. The lowest BCUT2D eigenvalue weighted by molar-refractivity contribution is 0.199. The van der Waals surface area contributed by atoms with Crippen molar-refractivity contribution < 1.29 is 9.59 Å². The molecule has 0 saturated carbocycles. The van der Waals surface area contributed by atoms with Crippen LogP contribution in [-0.4, -0.2) is 36.6 Å². The molecule has 0 radical (unpaired) electrons. The molecular weight excluding hydrogens is 158 g/mol. The summed E-state index contributed by atoms with van der Waals surface area (Å²) in [6.07, 6.45) is 0.876. The number of urea groups is 2. The van der Waals surface area contributed by atoms with Crippen LogP contribution in [-0.2, 0) is 0 Å². The van der Waals surface area contributed by atoms with E-state index in [0.717, 1.165) is 6.42 Å². The van der Waals surface area contributed by atoms with Gasteiger partial charge in [0.05, 0.1) is 0 Å². The molecule has 0 aromatic carbocycles. The molecule has 1 aliphatic heterocycles. The normalized spacial score (nSPS) is 16.1. The van der Waals surface area contributed by atoms with Gasteiger partial charge in [-0.15, -0.1) is 0 Å². The Morgan fingerprint density at radius 3 is 3.00 bits per heavy atom. The maximum Gasteiger partial charge on any atom is 0.325 e. The zero-order valence-corrected chi connectivity index (χ0v) is 7.09. The number of carbonyl (C=O) groups excluding carboxylic acids is 2. The highest BCUT2D eigenvalue weighted by Gasteiger charge is 2.25. The molecule has 1 aliphatic rings. The number of nitrogens with one attached hydrogen (secondary N) is 2. The highest BCUT2D eigenvalue weighted by Crippen LogP contribution is 1.96. The number of rotatable bonds is 2. The van der Waals surface area contributed by atoms with Gasteiger partial charge >= 0.3 is 12.1 Å². The number of hydrogen-bond donors (Lipinski definition) is 2. The summed E-state index contributed by atoms with van der Waals surface area (Å²) in [5.41, 5.74) is 0. The van der Waals surface area contributed by atoms with Gasteiger partial charge in [0.25, 0.3) is 0 Å². The van der Waals surface area contributed by atoms with Crippen LogP contribution in [0.15, 0.2) is 0 Å². The van der Waals surface area contributed by atoms with Crippen molar-refractivity contribution in [2.45, 2.75) is 13.3 Å². The number of imide groups is 1. The molecule has 0 atom stereocenters. The van der Waals surface area contributed by atoms with Gasteiger partial charge in [-0.05, 0) is 6.42 Å². The molecule has 0 aromatic heterocycles. The average molecular weight is 171 g/mol. The van der Waals surface area contributed by atoms with Gasteiger partial charge in [0.2, 0.25) is 0 Å². The Morgan fingerprint density at radius 2 is 2.50 bits per heavy atom. The molecule has 0 unspecified atom stereocenters. The number of nitrogens with zero attached hydrogens (tertiary/aromatic N) is 1. The SMILES string of the molecule is CCCNC(=O)N1CCNC1=O. The van der Waals surface area contributed by atoms with Gasteiger partial charge in [-0.1, -0.05) is 6.92 Å². The quantitative estimate of drug-likeness (QED) is 0.620. The molecule has 0 bridgehead atoms. The summed E-state index contributed by atoms with van der Waals surface area (Å²) in [4.78, 5) is 23.3. The fraction of sp³-hybridized carbons (Fsp3) is 0.714. The molecule has 0 spiro atoms. The maximum absolute atomic E-state index is 11.2. The predicted molar refractivity (Wildman–Crippen MR) is 43.8 cm³/mol. The van der Waals surface area contributed by atoms with Crippen LogP contribution in [0, 0.1) is 0 Å². The second-order valence-corrected chi connectivity index (χ2v) is 2.62. The summed E-state index contributed by atoms with van der Waals surface area (Å²) in [5.74, 6) is 0. The van der Waals surface area contributed by atoms with E-state index in [1.165, 1.54) is 4.90 Å². The third-order valence-electron chi connectivity index (χ3n) is 1.63. The van der Waals surface area contributed by atoms with E-state index >= 15 is 0 Å². The average Bonchev–Trinajstić information content (AvgIpc) is 2.47. The zero-order chi connectivity index (χ0) is 8.97. The maximum atomic E-state index is 11.2. The Hall–Kier alpha value is -1.26. The molecule has 0 aliphatic carbocycles. The third kappa shape index (κ3) is 1.87. The van der Waals surface area contributed by atoms with E-state index in [2.05, 4.69) is 10.6 Å². The van der Waals surface area contributed by atoms with Crippen LogP contribution in [0.1, 0.15) is 13.3 Å². The molecule has 0 aromatic rings. The van der Waals surface area contributed by atoms with E-state index in [9.17, 15) is 9.59 Å². The number of carbonyl (C=O) groups is 2. The van der Waals surface area contributed by atoms with Gasteiger partial charge in [0, 0.05) is 19.6 Å². The van der Waals surface area contributed by atoms with Gasteiger partial charge in [0.1, 0.15) is 0 Å². The van der Waals surface area contributed by atoms with Crippen LogP contribution in [0.4, 0.5) is 9.59 Å². The largest absolute Gasteiger partial charge is 0.338 e. The molecule has 4 amide bonds. The van der Waals surface area contributed by atoms with Gasteiger partial charge in [-0.25, -0.2) is 14.5 Å². The van der Waals surface area contributed by atoms with E-state index < -0.39 is 0 Å². The van der Waals surface area contributed by atoms with Crippen molar-refractivity contribution in [2.75, 3.05) is 19.6 Å². The molecule has 1 fully saturated rings. The molecule has 1 saturated heterocycles. The van der Waals surface area contributed by atoms with E-state index in [-0.39, 0.29) is 12.1 Å². The van der Waals surface area contributed by atoms with Crippen LogP contribution < -0.4 is 10.6 Å². The number of amides is 4. The summed E-state index contributed by atoms with van der Waals surface area (Å²) < 4.78 is 0. The van der Waals surface area contributed by atoms with Crippen molar-refractivity contribution in [3.63, 3.8) is 0 Å². The topological polar surface area (TPSA) is 61.4 Å². The Morgan fingerprint density at radius 1 is 1.75 bits per heavy atom. The van der Waals surface area contributed by atoms with E-state index in [1.807, 2.05) is 6.92 Å². The summed E-state index contributed by atoms with van der Waals surface area (Å²) in [7, 11) is 0. The standard InChI is InChI=1S/C7H13N3O2/c1-2-3-8-6(11)10-5-4-9-7(10)12/h2-5H2,1H3,(H,8,11)(H,9,12). The minimum atomic E-state index is -0.302. The molecule has 2 N–H and O–H groups in total. The monoisotopic (exact) mass is 171 g/mol. The fourth-order valence-corrected chi connectivity index (χ4v) is 0.993. The van der Waals surface area contributed by atoms with Gasteiger partial charge in [-0.3, -0.25) is 0 Å². The first-order chi connectivity index (χ1) is 5.75. The predicted octanol–water partition coefficient (Wildman–Crippen LogP) is 0.131.